The Morgan fingerprint density at radius 3 is 2.77 bits per heavy atom. The molecule has 1 nitrogen and oxygen atoms in total. The summed E-state index contributed by atoms with van der Waals surface area (Å²) in [7, 11) is 0. The summed E-state index contributed by atoms with van der Waals surface area (Å²) in [5.74, 6) is 0.811. The van der Waals surface area contributed by atoms with E-state index in [1.54, 1.807) is 0 Å². The van der Waals surface area contributed by atoms with E-state index in [0.717, 1.165) is 17.7 Å². The first-order valence-corrected chi connectivity index (χ1v) is 5.01. The molecule has 0 amide bonds. The van der Waals surface area contributed by atoms with Crippen LogP contribution in [0.15, 0.2) is 24.3 Å². The van der Waals surface area contributed by atoms with E-state index >= 15 is 0 Å². The van der Waals surface area contributed by atoms with Gasteiger partial charge in [0.25, 0.3) is 0 Å². The highest BCUT2D eigenvalue weighted by Gasteiger charge is 2.07. The fourth-order valence-corrected chi connectivity index (χ4v) is 1.62. The molecule has 2 heteroatoms. The van der Waals surface area contributed by atoms with Gasteiger partial charge < -0.3 is 0 Å². The lowest BCUT2D eigenvalue weighted by molar-refractivity contribution is 0.944. The molecule has 0 fully saturated rings. The van der Waals surface area contributed by atoms with Crippen molar-refractivity contribution in [2.45, 2.75) is 19.3 Å². The van der Waals surface area contributed by atoms with Crippen molar-refractivity contribution in [3.63, 3.8) is 0 Å². The highest BCUT2D eigenvalue weighted by molar-refractivity contribution is 7.80. The molecule has 68 valence electrons. The lowest BCUT2D eigenvalue weighted by Crippen LogP contribution is -1.97. The molecule has 0 saturated heterocycles. The van der Waals surface area contributed by atoms with Gasteiger partial charge in [0, 0.05) is 0 Å². The standard InChI is InChI=1S/C11H13NS/c1-9(8-12)11-5-3-2-4-10(11)6-7-13/h2-5,9,13H,6-7H2,1H3. The van der Waals surface area contributed by atoms with Gasteiger partial charge in [-0.3, -0.25) is 0 Å². The summed E-state index contributed by atoms with van der Waals surface area (Å²) in [6.45, 7) is 1.93. The predicted octanol–water partition coefficient (Wildman–Crippen LogP) is 2.79. The van der Waals surface area contributed by atoms with Crippen molar-refractivity contribution < 1.29 is 0 Å². The van der Waals surface area contributed by atoms with E-state index in [1.165, 1.54) is 5.56 Å². The van der Waals surface area contributed by atoms with E-state index in [2.05, 4.69) is 24.8 Å². The largest absolute Gasteiger partial charge is 0.198 e. The van der Waals surface area contributed by atoms with Crippen LogP contribution in [0.25, 0.3) is 0 Å². The number of nitrogens with zero attached hydrogens (tertiary/aromatic N) is 1. The van der Waals surface area contributed by atoms with Crippen molar-refractivity contribution in [3.05, 3.63) is 35.4 Å². The maximum absolute atomic E-state index is 8.81. The summed E-state index contributed by atoms with van der Waals surface area (Å²) in [5.41, 5.74) is 2.38. The van der Waals surface area contributed by atoms with Crippen LogP contribution in [0, 0.1) is 11.3 Å². The second kappa shape index (κ2) is 4.94. The Bertz CT molecular complexity index is 314. The van der Waals surface area contributed by atoms with Crippen LogP contribution in [0.3, 0.4) is 0 Å². The molecule has 0 aromatic heterocycles. The molecule has 1 unspecified atom stereocenters. The van der Waals surface area contributed by atoms with Crippen LogP contribution in [-0.2, 0) is 6.42 Å². The average Bonchev–Trinajstić information content (AvgIpc) is 2.18. The highest BCUT2D eigenvalue weighted by atomic mass is 32.1. The molecule has 1 aromatic carbocycles. The Balaban J connectivity index is 2.98. The molecule has 0 radical (unpaired) electrons. The fourth-order valence-electron chi connectivity index (χ4n) is 1.37. The first-order valence-electron chi connectivity index (χ1n) is 4.38. The molecule has 0 heterocycles. The van der Waals surface area contributed by atoms with E-state index in [4.69, 9.17) is 5.26 Å². The number of benzene rings is 1. The van der Waals surface area contributed by atoms with Gasteiger partial charge in [-0.2, -0.15) is 17.9 Å². The Hall–Kier alpha value is -0.940. The monoisotopic (exact) mass is 191 g/mol. The maximum atomic E-state index is 8.81. The average molecular weight is 191 g/mol. The van der Waals surface area contributed by atoms with Gasteiger partial charge in [0.1, 0.15) is 0 Å². The zero-order valence-electron chi connectivity index (χ0n) is 7.70. The summed E-state index contributed by atoms with van der Waals surface area (Å²) in [6, 6.07) is 10.3. The van der Waals surface area contributed by atoms with Crippen LogP contribution in [0.5, 0.6) is 0 Å². The number of hydrogen-bond donors (Lipinski definition) is 1. The normalized spacial score (nSPS) is 12.1. The van der Waals surface area contributed by atoms with Crippen molar-refractivity contribution in [2.75, 3.05) is 5.75 Å². The van der Waals surface area contributed by atoms with Crippen LogP contribution in [-0.4, -0.2) is 5.75 Å². The molecule has 1 atom stereocenters. The lowest BCUT2D eigenvalue weighted by atomic mass is 9.95. The van der Waals surface area contributed by atoms with Crippen molar-refractivity contribution in [1.29, 1.82) is 5.26 Å². The second-order valence-corrected chi connectivity index (χ2v) is 3.47. The number of thiol groups is 1. The van der Waals surface area contributed by atoms with Gasteiger partial charge in [0.2, 0.25) is 0 Å². The topological polar surface area (TPSA) is 23.8 Å². The minimum Gasteiger partial charge on any atom is -0.198 e. The van der Waals surface area contributed by atoms with Crippen molar-refractivity contribution in [1.82, 2.24) is 0 Å². The summed E-state index contributed by atoms with van der Waals surface area (Å²) < 4.78 is 0. The third kappa shape index (κ3) is 2.50. The molecule has 0 aliphatic rings. The SMILES string of the molecule is CC(C#N)c1ccccc1CCS. The predicted molar refractivity (Wildman–Crippen MR) is 58.0 cm³/mol. The molecule has 1 rings (SSSR count). The molecule has 1 aromatic rings. The third-order valence-electron chi connectivity index (χ3n) is 2.10. The maximum Gasteiger partial charge on any atom is 0.0701 e. The van der Waals surface area contributed by atoms with Gasteiger partial charge in [-0.05, 0) is 30.2 Å². The van der Waals surface area contributed by atoms with E-state index < -0.39 is 0 Å². The Morgan fingerprint density at radius 1 is 1.46 bits per heavy atom. The van der Waals surface area contributed by atoms with Crippen LogP contribution in [0.4, 0.5) is 0 Å². The molecule has 0 aliphatic heterocycles. The zero-order chi connectivity index (χ0) is 9.68. The van der Waals surface area contributed by atoms with Gasteiger partial charge in [-0.15, -0.1) is 0 Å². The van der Waals surface area contributed by atoms with Gasteiger partial charge in [-0.25, -0.2) is 0 Å². The van der Waals surface area contributed by atoms with Crippen LogP contribution >= 0.6 is 12.6 Å². The van der Waals surface area contributed by atoms with E-state index in [-0.39, 0.29) is 5.92 Å². The second-order valence-electron chi connectivity index (χ2n) is 3.02. The summed E-state index contributed by atoms with van der Waals surface area (Å²) in [4.78, 5) is 0. The van der Waals surface area contributed by atoms with E-state index in [1.807, 2.05) is 25.1 Å². The quantitative estimate of drug-likeness (QED) is 0.730. The fraction of sp³-hybridized carbons (Fsp3) is 0.364. The first kappa shape index (κ1) is 10.1. The zero-order valence-corrected chi connectivity index (χ0v) is 8.59. The Kier molecular flexibility index (Phi) is 3.85. The van der Waals surface area contributed by atoms with Crippen molar-refractivity contribution >= 4 is 12.6 Å². The lowest BCUT2D eigenvalue weighted by Gasteiger charge is -2.09. The van der Waals surface area contributed by atoms with E-state index in [0.29, 0.717) is 0 Å². The van der Waals surface area contributed by atoms with E-state index in [9.17, 15) is 0 Å². The minimum absolute atomic E-state index is 0.0175. The van der Waals surface area contributed by atoms with Crippen LogP contribution in [0.1, 0.15) is 24.0 Å². The molecule has 0 saturated carbocycles. The number of nitriles is 1. The number of aryl methyl sites for hydroxylation is 1. The molecule has 13 heavy (non-hydrogen) atoms. The smallest absolute Gasteiger partial charge is 0.0701 e. The third-order valence-corrected chi connectivity index (χ3v) is 2.32. The molecule has 0 aliphatic carbocycles. The molecular formula is C11H13NS. The highest BCUT2D eigenvalue weighted by Crippen LogP contribution is 2.19. The first-order chi connectivity index (χ1) is 6.29. The van der Waals surface area contributed by atoms with Gasteiger partial charge in [0.15, 0.2) is 0 Å². The van der Waals surface area contributed by atoms with Gasteiger partial charge in [0.05, 0.1) is 12.0 Å². The Morgan fingerprint density at radius 2 is 2.15 bits per heavy atom. The number of rotatable bonds is 3. The molecule has 0 spiro atoms. The number of hydrogen-bond acceptors (Lipinski definition) is 2. The van der Waals surface area contributed by atoms with Gasteiger partial charge >= 0.3 is 0 Å². The van der Waals surface area contributed by atoms with Crippen LogP contribution < -0.4 is 0 Å². The molecule has 0 bridgehead atoms. The minimum atomic E-state index is -0.0175. The Labute approximate surface area is 84.8 Å². The summed E-state index contributed by atoms with van der Waals surface area (Å²) in [6.07, 6.45) is 0.936. The molecule has 0 N–H and O–H groups in total. The van der Waals surface area contributed by atoms with Gasteiger partial charge in [-0.1, -0.05) is 24.3 Å². The summed E-state index contributed by atoms with van der Waals surface area (Å²) in [5, 5.41) is 8.81. The summed E-state index contributed by atoms with van der Waals surface area (Å²) >= 11 is 4.19. The van der Waals surface area contributed by atoms with Crippen molar-refractivity contribution in [2.24, 2.45) is 0 Å². The van der Waals surface area contributed by atoms with Crippen molar-refractivity contribution in [3.8, 4) is 6.07 Å². The van der Waals surface area contributed by atoms with Crippen LogP contribution in [0.2, 0.25) is 0 Å². The molecular weight excluding hydrogens is 178 g/mol.